The number of aromatic nitrogens is 1. The third kappa shape index (κ3) is 3.20. The van der Waals surface area contributed by atoms with Crippen molar-refractivity contribution in [2.45, 2.75) is 13.3 Å². The molecule has 0 saturated carbocycles. The van der Waals surface area contributed by atoms with Crippen molar-refractivity contribution in [2.24, 2.45) is 0 Å². The van der Waals surface area contributed by atoms with E-state index in [1.165, 1.54) is 0 Å². The fourth-order valence-corrected chi connectivity index (χ4v) is 1.80. The van der Waals surface area contributed by atoms with Crippen LogP contribution in [0.15, 0.2) is 42.6 Å². The number of anilines is 2. The smallest absolute Gasteiger partial charge is 0.232 e. The van der Waals surface area contributed by atoms with E-state index >= 15 is 0 Å². The average Bonchev–Trinajstić information content (AvgIpc) is 2.44. The van der Waals surface area contributed by atoms with Crippen LogP contribution in [0.3, 0.4) is 0 Å². The standard InChI is InChI=1S/C15H15N3O2/c1-10-7-8-17-15(16)14(10)18-13(20)9-12(19)11-5-3-2-4-6-11/h2-8H,9H2,1H3,(H2,16,17)(H,18,20). The molecule has 1 aromatic carbocycles. The second kappa shape index (κ2) is 5.97. The Morgan fingerprint density at radius 2 is 1.90 bits per heavy atom. The number of nitrogen functional groups attached to an aromatic ring is 1. The summed E-state index contributed by atoms with van der Waals surface area (Å²) in [6, 6.07) is 10.4. The molecule has 2 aromatic rings. The van der Waals surface area contributed by atoms with Crippen molar-refractivity contribution in [1.29, 1.82) is 0 Å². The lowest BCUT2D eigenvalue weighted by atomic mass is 10.1. The number of nitrogens with zero attached hydrogens (tertiary/aromatic N) is 1. The number of rotatable bonds is 4. The molecule has 0 bridgehead atoms. The van der Waals surface area contributed by atoms with Crippen LogP contribution in [0.1, 0.15) is 22.3 Å². The molecule has 0 aliphatic heterocycles. The Hall–Kier alpha value is -2.69. The van der Waals surface area contributed by atoms with Crippen molar-refractivity contribution in [3.05, 3.63) is 53.7 Å². The molecule has 102 valence electrons. The van der Waals surface area contributed by atoms with Crippen LogP contribution < -0.4 is 11.1 Å². The maximum Gasteiger partial charge on any atom is 0.232 e. The van der Waals surface area contributed by atoms with E-state index in [-0.39, 0.29) is 18.0 Å². The number of amides is 1. The first kappa shape index (κ1) is 13.7. The molecule has 5 heteroatoms. The molecule has 20 heavy (non-hydrogen) atoms. The molecule has 0 spiro atoms. The van der Waals surface area contributed by atoms with Gasteiger partial charge in [-0.1, -0.05) is 30.3 Å². The van der Waals surface area contributed by atoms with E-state index in [1.54, 1.807) is 36.5 Å². The van der Waals surface area contributed by atoms with Crippen molar-refractivity contribution < 1.29 is 9.59 Å². The van der Waals surface area contributed by atoms with Gasteiger partial charge in [0, 0.05) is 11.8 Å². The van der Waals surface area contributed by atoms with Crippen molar-refractivity contribution in [3.8, 4) is 0 Å². The van der Waals surface area contributed by atoms with Gasteiger partial charge in [-0.15, -0.1) is 0 Å². The van der Waals surface area contributed by atoms with Gasteiger partial charge < -0.3 is 11.1 Å². The Morgan fingerprint density at radius 1 is 1.20 bits per heavy atom. The lowest BCUT2D eigenvalue weighted by Crippen LogP contribution is -2.18. The van der Waals surface area contributed by atoms with Crippen molar-refractivity contribution in [3.63, 3.8) is 0 Å². The average molecular weight is 269 g/mol. The fraction of sp³-hybridized carbons (Fsp3) is 0.133. The van der Waals surface area contributed by atoms with Gasteiger partial charge in [0.15, 0.2) is 5.78 Å². The largest absolute Gasteiger partial charge is 0.382 e. The number of benzene rings is 1. The highest BCUT2D eigenvalue weighted by atomic mass is 16.2. The highest BCUT2D eigenvalue weighted by Crippen LogP contribution is 2.20. The van der Waals surface area contributed by atoms with Crippen LogP contribution in [0.2, 0.25) is 0 Å². The first-order chi connectivity index (χ1) is 9.58. The number of nitrogens with one attached hydrogen (secondary N) is 1. The number of hydrogen-bond acceptors (Lipinski definition) is 4. The minimum Gasteiger partial charge on any atom is -0.382 e. The molecule has 0 atom stereocenters. The normalized spacial score (nSPS) is 10.1. The van der Waals surface area contributed by atoms with Crippen LogP contribution in [0, 0.1) is 6.92 Å². The zero-order valence-electron chi connectivity index (χ0n) is 11.1. The summed E-state index contributed by atoms with van der Waals surface area (Å²) in [6.07, 6.45) is 1.34. The second-order valence-electron chi connectivity index (χ2n) is 4.40. The highest BCUT2D eigenvalue weighted by Gasteiger charge is 2.14. The number of hydrogen-bond donors (Lipinski definition) is 2. The van der Waals surface area contributed by atoms with E-state index in [4.69, 9.17) is 5.73 Å². The van der Waals surface area contributed by atoms with Crippen LogP contribution in [0.4, 0.5) is 11.5 Å². The fourth-order valence-electron chi connectivity index (χ4n) is 1.80. The molecule has 0 aliphatic rings. The minimum atomic E-state index is -0.401. The summed E-state index contributed by atoms with van der Waals surface area (Å²) in [5.41, 5.74) is 7.47. The van der Waals surface area contributed by atoms with Crippen LogP contribution in [-0.4, -0.2) is 16.7 Å². The van der Waals surface area contributed by atoms with Crippen LogP contribution in [0.5, 0.6) is 0 Å². The van der Waals surface area contributed by atoms with E-state index in [9.17, 15) is 9.59 Å². The topological polar surface area (TPSA) is 85.1 Å². The van der Waals surface area contributed by atoms with Gasteiger partial charge in [0.1, 0.15) is 5.82 Å². The van der Waals surface area contributed by atoms with Gasteiger partial charge in [-0.2, -0.15) is 0 Å². The number of ketones is 1. The Labute approximate surface area is 116 Å². The van der Waals surface area contributed by atoms with Crippen LogP contribution in [-0.2, 0) is 4.79 Å². The van der Waals surface area contributed by atoms with Gasteiger partial charge in [-0.25, -0.2) is 4.98 Å². The predicted molar refractivity (Wildman–Crippen MR) is 77.4 cm³/mol. The first-order valence-electron chi connectivity index (χ1n) is 6.17. The Kier molecular flexibility index (Phi) is 4.10. The summed E-state index contributed by atoms with van der Waals surface area (Å²) in [6.45, 7) is 1.81. The van der Waals surface area contributed by atoms with Crippen LogP contribution in [0.25, 0.3) is 0 Å². The summed E-state index contributed by atoms with van der Waals surface area (Å²) in [5.74, 6) is -0.393. The maximum absolute atomic E-state index is 11.9. The number of carbonyl (C=O) groups is 2. The summed E-state index contributed by atoms with van der Waals surface area (Å²) in [5, 5.41) is 2.63. The van der Waals surface area contributed by atoms with E-state index < -0.39 is 5.91 Å². The highest BCUT2D eigenvalue weighted by molar-refractivity contribution is 6.11. The molecule has 0 fully saturated rings. The van der Waals surface area contributed by atoms with Gasteiger partial charge in [0.05, 0.1) is 12.1 Å². The maximum atomic E-state index is 11.9. The van der Waals surface area contributed by atoms with Gasteiger partial charge in [0.25, 0.3) is 0 Å². The summed E-state index contributed by atoms with van der Waals surface area (Å²) in [7, 11) is 0. The third-order valence-corrected chi connectivity index (χ3v) is 2.87. The van der Waals surface area contributed by atoms with Gasteiger partial charge in [0.2, 0.25) is 5.91 Å². The molecule has 0 unspecified atom stereocenters. The third-order valence-electron chi connectivity index (χ3n) is 2.87. The quantitative estimate of drug-likeness (QED) is 0.658. The molecule has 0 aliphatic carbocycles. The monoisotopic (exact) mass is 269 g/mol. The predicted octanol–water partition coefficient (Wildman–Crippen LogP) is 2.18. The molecule has 1 heterocycles. The Bertz CT molecular complexity index is 619. The van der Waals surface area contributed by atoms with E-state index in [1.807, 2.05) is 13.0 Å². The Morgan fingerprint density at radius 3 is 2.55 bits per heavy atom. The zero-order chi connectivity index (χ0) is 14.5. The van der Waals surface area contributed by atoms with E-state index in [0.717, 1.165) is 5.56 Å². The van der Waals surface area contributed by atoms with Gasteiger partial charge >= 0.3 is 0 Å². The molecule has 0 saturated heterocycles. The van der Waals surface area contributed by atoms with Crippen molar-refractivity contribution >= 4 is 23.2 Å². The van der Waals surface area contributed by atoms with Crippen molar-refractivity contribution in [2.75, 3.05) is 11.1 Å². The molecule has 1 aromatic heterocycles. The molecular weight excluding hydrogens is 254 g/mol. The second-order valence-corrected chi connectivity index (χ2v) is 4.40. The molecule has 5 nitrogen and oxygen atoms in total. The molecular formula is C15H15N3O2. The lowest BCUT2D eigenvalue weighted by Gasteiger charge is -2.09. The van der Waals surface area contributed by atoms with Gasteiger partial charge in [-0.05, 0) is 18.6 Å². The van der Waals surface area contributed by atoms with Crippen LogP contribution >= 0.6 is 0 Å². The summed E-state index contributed by atoms with van der Waals surface area (Å²) in [4.78, 5) is 27.7. The Balaban J connectivity index is 2.05. The number of pyridine rings is 1. The molecule has 0 radical (unpaired) electrons. The number of Topliss-reactive ketones (excluding diaryl/α,β-unsaturated/α-hetero) is 1. The van der Waals surface area contributed by atoms with E-state index in [0.29, 0.717) is 11.3 Å². The van der Waals surface area contributed by atoms with Crippen molar-refractivity contribution in [1.82, 2.24) is 4.98 Å². The first-order valence-corrected chi connectivity index (χ1v) is 6.17. The molecule has 3 N–H and O–H groups in total. The minimum absolute atomic E-state index is 0.224. The van der Waals surface area contributed by atoms with Gasteiger partial charge in [-0.3, -0.25) is 9.59 Å². The lowest BCUT2D eigenvalue weighted by molar-refractivity contribution is -0.115. The molecule has 2 rings (SSSR count). The summed E-state index contributed by atoms with van der Waals surface area (Å²) >= 11 is 0. The summed E-state index contributed by atoms with van der Waals surface area (Å²) < 4.78 is 0. The number of aryl methyl sites for hydroxylation is 1. The molecule has 1 amide bonds. The SMILES string of the molecule is Cc1ccnc(N)c1NC(=O)CC(=O)c1ccccc1. The zero-order valence-corrected chi connectivity index (χ0v) is 11.1. The number of carbonyl (C=O) groups excluding carboxylic acids is 2. The van der Waals surface area contributed by atoms with E-state index in [2.05, 4.69) is 10.3 Å². The number of nitrogens with two attached hydrogens (primary N) is 1.